The van der Waals surface area contributed by atoms with Gasteiger partial charge < -0.3 is 5.73 Å². The molecule has 1 unspecified atom stereocenters. The largest absolute Gasteiger partial charge is 0.399 e. The van der Waals surface area contributed by atoms with Crippen molar-refractivity contribution in [3.63, 3.8) is 0 Å². The molecule has 7 heteroatoms. The molecule has 1 atom stereocenters. The van der Waals surface area contributed by atoms with Crippen LogP contribution >= 0.6 is 11.3 Å². The van der Waals surface area contributed by atoms with Crippen LogP contribution in [-0.2, 0) is 9.84 Å². The summed E-state index contributed by atoms with van der Waals surface area (Å²) < 4.78 is 24.5. The molecule has 0 saturated heterocycles. The van der Waals surface area contributed by atoms with Gasteiger partial charge in [0.05, 0.1) is 16.3 Å². The second kappa shape index (κ2) is 3.98. The van der Waals surface area contributed by atoms with E-state index in [0.717, 1.165) is 11.3 Å². The van der Waals surface area contributed by atoms with Crippen molar-refractivity contribution in [1.82, 2.24) is 4.98 Å². The number of nitriles is 1. The molecule has 1 heterocycles. The predicted octanol–water partition coefficient (Wildman–Crippen LogP) is 1.56. The van der Waals surface area contributed by atoms with E-state index in [1.165, 1.54) is 6.92 Å². The topological polar surface area (TPSA) is 96.8 Å². The summed E-state index contributed by atoms with van der Waals surface area (Å²) in [5.41, 5.74) is 6.74. The second-order valence-electron chi connectivity index (χ2n) is 3.52. The van der Waals surface area contributed by atoms with Crippen LogP contribution in [-0.4, -0.2) is 18.7 Å². The zero-order valence-electron chi connectivity index (χ0n) is 8.91. The lowest BCUT2D eigenvalue weighted by Gasteiger charge is -1.99. The maximum atomic E-state index is 11.9. The molecule has 1 aromatic heterocycles. The standard InChI is InChI=1S/C10H9N3O2S2/c1-6(5-11)17(14,15)10-13-8-3-2-7(12)4-9(8)16-10/h2-4,6H,12H2,1H3. The van der Waals surface area contributed by atoms with E-state index >= 15 is 0 Å². The van der Waals surface area contributed by atoms with Crippen molar-refractivity contribution < 1.29 is 8.42 Å². The highest BCUT2D eigenvalue weighted by Gasteiger charge is 2.26. The SMILES string of the molecule is CC(C#N)S(=O)(=O)c1nc2ccc(N)cc2s1. The Morgan fingerprint density at radius 2 is 2.24 bits per heavy atom. The van der Waals surface area contributed by atoms with Gasteiger partial charge in [-0.05, 0) is 25.1 Å². The molecule has 0 aliphatic heterocycles. The van der Waals surface area contributed by atoms with E-state index < -0.39 is 15.1 Å². The van der Waals surface area contributed by atoms with Crippen molar-refractivity contribution in [2.75, 3.05) is 5.73 Å². The third-order valence-corrected chi connectivity index (χ3v) is 5.66. The summed E-state index contributed by atoms with van der Waals surface area (Å²) in [7, 11) is -3.66. The third kappa shape index (κ3) is 1.97. The number of hydrogen-bond donors (Lipinski definition) is 1. The Kier molecular flexibility index (Phi) is 2.77. The number of fused-ring (bicyclic) bond motifs is 1. The molecule has 2 N–H and O–H groups in total. The zero-order chi connectivity index (χ0) is 12.6. The molecular weight excluding hydrogens is 258 g/mol. The van der Waals surface area contributed by atoms with Crippen molar-refractivity contribution in [2.45, 2.75) is 16.5 Å². The quantitative estimate of drug-likeness (QED) is 0.833. The number of rotatable bonds is 2. The number of benzene rings is 1. The van der Waals surface area contributed by atoms with Crippen LogP contribution < -0.4 is 5.73 Å². The number of nitrogens with zero attached hydrogens (tertiary/aromatic N) is 2. The number of sulfone groups is 1. The average Bonchev–Trinajstić information content (AvgIpc) is 2.71. The minimum atomic E-state index is -3.66. The van der Waals surface area contributed by atoms with Gasteiger partial charge in [-0.15, -0.1) is 11.3 Å². The van der Waals surface area contributed by atoms with E-state index in [1.807, 2.05) is 0 Å². The lowest BCUT2D eigenvalue weighted by Crippen LogP contribution is -2.15. The van der Waals surface area contributed by atoms with Gasteiger partial charge >= 0.3 is 0 Å². The summed E-state index contributed by atoms with van der Waals surface area (Å²) in [5, 5.41) is 7.58. The molecule has 0 aliphatic rings. The first-order chi connectivity index (χ1) is 7.95. The van der Waals surface area contributed by atoms with Gasteiger partial charge in [0, 0.05) is 5.69 Å². The van der Waals surface area contributed by atoms with Crippen molar-refractivity contribution in [3.8, 4) is 6.07 Å². The molecule has 0 saturated carbocycles. The van der Waals surface area contributed by atoms with Gasteiger partial charge in [-0.3, -0.25) is 0 Å². The summed E-state index contributed by atoms with van der Waals surface area (Å²) in [6.07, 6.45) is 0. The molecule has 0 bridgehead atoms. The van der Waals surface area contributed by atoms with E-state index in [4.69, 9.17) is 11.0 Å². The molecule has 5 nitrogen and oxygen atoms in total. The first kappa shape index (κ1) is 11.8. The predicted molar refractivity (Wildman–Crippen MR) is 66.3 cm³/mol. The van der Waals surface area contributed by atoms with Crippen LogP contribution in [0.25, 0.3) is 10.2 Å². The summed E-state index contributed by atoms with van der Waals surface area (Å²) in [6.45, 7) is 1.34. The highest BCUT2D eigenvalue weighted by Crippen LogP contribution is 2.28. The minimum absolute atomic E-state index is 0.0350. The van der Waals surface area contributed by atoms with Gasteiger partial charge in [-0.2, -0.15) is 5.26 Å². The number of nitrogens with two attached hydrogens (primary N) is 1. The van der Waals surface area contributed by atoms with Crippen LogP contribution in [0.5, 0.6) is 0 Å². The van der Waals surface area contributed by atoms with Crippen molar-refractivity contribution in [2.24, 2.45) is 0 Å². The van der Waals surface area contributed by atoms with Crippen LogP contribution in [0.3, 0.4) is 0 Å². The highest BCUT2D eigenvalue weighted by molar-refractivity contribution is 7.94. The van der Waals surface area contributed by atoms with Gasteiger partial charge in [0.15, 0.2) is 5.25 Å². The first-order valence-electron chi connectivity index (χ1n) is 4.74. The zero-order valence-corrected chi connectivity index (χ0v) is 10.5. The Bertz CT molecular complexity index is 713. The molecule has 88 valence electrons. The van der Waals surface area contributed by atoms with Crippen molar-refractivity contribution in [3.05, 3.63) is 18.2 Å². The molecule has 0 fully saturated rings. The lowest BCUT2D eigenvalue weighted by atomic mass is 10.3. The number of hydrogen-bond acceptors (Lipinski definition) is 6. The van der Waals surface area contributed by atoms with Crippen LogP contribution in [0, 0.1) is 11.3 Å². The van der Waals surface area contributed by atoms with Gasteiger partial charge in [0.25, 0.3) is 0 Å². The van der Waals surface area contributed by atoms with E-state index in [2.05, 4.69) is 4.98 Å². The van der Waals surface area contributed by atoms with E-state index in [9.17, 15) is 8.42 Å². The molecule has 0 amide bonds. The first-order valence-corrected chi connectivity index (χ1v) is 7.11. The van der Waals surface area contributed by atoms with Crippen LogP contribution in [0.15, 0.2) is 22.5 Å². The Hall–Kier alpha value is -1.65. The van der Waals surface area contributed by atoms with Crippen molar-refractivity contribution in [1.29, 1.82) is 5.26 Å². The van der Waals surface area contributed by atoms with Crippen LogP contribution in [0.1, 0.15) is 6.92 Å². The number of thiazole rings is 1. The molecule has 1 aromatic carbocycles. The monoisotopic (exact) mass is 267 g/mol. The van der Waals surface area contributed by atoms with E-state index in [1.54, 1.807) is 24.3 Å². The van der Waals surface area contributed by atoms with Gasteiger partial charge in [0.2, 0.25) is 14.2 Å². The summed E-state index contributed by atoms with van der Waals surface area (Å²) in [4.78, 5) is 4.02. The van der Waals surface area contributed by atoms with Gasteiger partial charge in [-0.1, -0.05) is 0 Å². The fourth-order valence-electron chi connectivity index (χ4n) is 1.26. The smallest absolute Gasteiger partial charge is 0.221 e. The number of aromatic nitrogens is 1. The van der Waals surface area contributed by atoms with Crippen LogP contribution in [0.4, 0.5) is 5.69 Å². The maximum absolute atomic E-state index is 11.9. The fraction of sp³-hybridized carbons (Fsp3) is 0.200. The third-order valence-electron chi connectivity index (χ3n) is 2.28. The molecule has 0 aliphatic carbocycles. The molecular formula is C10H9N3O2S2. The Morgan fingerprint density at radius 1 is 1.53 bits per heavy atom. The van der Waals surface area contributed by atoms with Gasteiger partial charge in [0.1, 0.15) is 0 Å². The Labute approximate surface area is 102 Å². The highest BCUT2D eigenvalue weighted by atomic mass is 32.2. The molecule has 2 aromatic rings. The molecule has 0 radical (unpaired) electrons. The number of anilines is 1. The van der Waals surface area contributed by atoms with E-state index in [0.29, 0.717) is 15.9 Å². The Morgan fingerprint density at radius 3 is 2.88 bits per heavy atom. The fourth-order valence-corrected chi connectivity index (χ4v) is 3.84. The minimum Gasteiger partial charge on any atom is -0.399 e. The lowest BCUT2D eigenvalue weighted by molar-refractivity contribution is 0.591. The molecule has 2 rings (SSSR count). The second-order valence-corrected chi connectivity index (χ2v) is 7.00. The van der Waals surface area contributed by atoms with Crippen LogP contribution in [0.2, 0.25) is 0 Å². The molecule has 17 heavy (non-hydrogen) atoms. The summed E-state index contributed by atoms with van der Waals surface area (Å²) in [6, 6.07) is 6.71. The average molecular weight is 267 g/mol. The normalized spacial score (nSPS) is 13.4. The number of nitrogen functional groups attached to an aromatic ring is 1. The Balaban J connectivity index is 2.62. The van der Waals surface area contributed by atoms with Gasteiger partial charge in [-0.25, -0.2) is 13.4 Å². The van der Waals surface area contributed by atoms with Crippen molar-refractivity contribution >= 4 is 37.1 Å². The maximum Gasteiger partial charge on any atom is 0.221 e. The summed E-state index contributed by atoms with van der Waals surface area (Å²) in [5.74, 6) is 0. The summed E-state index contributed by atoms with van der Waals surface area (Å²) >= 11 is 1.03. The molecule has 0 spiro atoms. The van der Waals surface area contributed by atoms with E-state index in [-0.39, 0.29) is 4.34 Å².